The van der Waals surface area contributed by atoms with Gasteiger partial charge in [0.15, 0.2) is 0 Å². The number of aromatic nitrogens is 2. The van der Waals surface area contributed by atoms with E-state index in [4.69, 9.17) is 5.26 Å². The van der Waals surface area contributed by atoms with Crippen LogP contribution in [0.15, 0.2) is 59.4 Å². The van der Waals surface area contributed by atoms with Crippen molar-refractivity contribution < 1.29 is 5.11 Å². The smallest absolute Gasteiger partial charge is 0.252 e. The molecule has 0 saturated heterocycles. The van der Waals surface area contributed by atoms with Crippen LogP contribution in [0.4, 0.5) is 0 Å². The van der Waals surface area contributed by atoms with Gasteiger partial charge in [0.1, 0.15) is 5.75 Å². The maximum atomic E-state index is 11.8. The van der Waals surface area contributed by atoms with Gasteiger partial charge in [0, 0.05) is 28.2 Å². The van der Waals surface area contributed by atoms with Gasteiger partial charge < -0.3 is 15.1 Å². The monoisotopic (exact) mass is 355 g/mol. The van der Waals surface area contributed by atoms with E-state index in [2.05, 4.69) is 16.0 Å². The Balaban J connectivity index is 1.82. The Morgan fingerprint density at radius 2 is 1.74 bits per heavy atom. The van der Waals surface area contributed by atoms with Crippen LogP contribution in [0.3, 0.4) is 0 Å². The molecule has 2 aromatic carbocycles. The molecule has 5 nitrogen and oxygen atoms in total. The standard InChI is InChI=1S/C22H17N3O2/c1-2-17-20(26)11-21(27)25-22(17)15-7-8-18-16(9-15)10-19(24-18)14-5-3-13(12-23)4-6-14/h3-11,24H,2H2,1H3,(H2,25,26,27). The van der Waals surface area contributed by atoms with Gasteiger partial charge in [-0.1, -0.05) is 25.1 Å². The quantitative estimate of drug-likeness (QED) is 0.511. The van der Waals surface area contributed by atoms with E-state index in [-0.39, 0.29) is 11.3 Å². The molecule has 3 N–H and O–H groups in total. The molecule has 0 spiro atoms. The van der Waals surface area contributed by atoms with Gasteiger partial charge in [-0.25, -0.2) is 0 Å². The number of nitrogens with zero attached hydrogens (tertiary/aromatic N) is 1. The van der Waals surface area contributed by atoms with Gasteiger partial charge in [-0.2, -0.15) is 5.26 Å². The van der Waals surface area contributed by atoms with Crippen LogP contribution in [0.25, 0.3) is 33.4 Å². The normalized spacial score (nSPS) is 10.8. The van der Waals surface area contributed by atoms with Crippen molar-refractivity contribution in [2.45, 2.75) is 13.3 Å². The average molecular weight is 355 g/mol. The topological polar surface area (TPSA) is 92.7 Å². The van der Waals surface area contributed by atoms with E-state index in [1.54, 1.807) is 12.1 Å². The Morgan fingerprint density at radius 3 is 2.44 bits per heavy atom. The first-order valence-corrected chi connectivity index (χ1v) is 8.68. The lowest BCUT2D eigenvalue weighted by Gasteiger charge is -2.09. The molecule has 5 heteroatoms. The molecule has 2 heterocycles. The summed E-state index contributed by atoms with van der Waals surface area (Å²) in [4.78, 5) is 18.0. The number of fused-ring (bicyclic) bond motifs is 1. The fourth-order valence-electron chi connectivity index (χ4n) is 3.35. The lowest BCUT2D eigenvalue weighted by molar-refractivity contribution is 0.467. The first-order valence-electron chi connectivity index (χ1n) is 8.68. The second kappa shape index (κ2) is 6.50. The molecule has 2 aromatic heterocycles. The molecular weight excluding hydrogens is 338 g/mol. The number of aromatic amines is 2. The van der Waals surface area contributed by atoms with Crippen LogP contribution >= 0.6 is 0 Å². The van der Waals surface area contributed by atoms with E-state index < -0.39 is 0 Å². The summed E-state index contributed by atoms with van der Waals surface area (Å²) in [5.74, 6) is 0.0173. The third kappa shape index (κ3) is 2.98. The van der Waals surface area contributed by atoms with E-state index in [0.717, 1.165) is 33.3 Å². The van der Waals surface area contributed by atoms with Crippen molar-refractivity contribution >= 4 is 10.9 Å². The summed E-state index contributed by atoms with van der Waals surface area (Å²) >= 11 is 0. The summed E-state index contributed by atoms with van der Waals surface area (Å²) in [6.07, 6.45) is 0.611. The second-order valence-electron chi connectivity index (χ2n) is 6.40. The molecule has 132 valence electrons. The molecule has 0 unspecified atom stereocenters. The number of rotatable bonds is 3. The molecule has 0 aliphatic rings. The predicted molar refractivity (Wildman–Crippen MR) is 106 cm³/mol. The Morgan fingerprint density at radius 1 is 1.00 bits per heavy atom. The molecule has 0 bridgehead atoms. The van der Waals surface area contributed by atoms with Gasteiger partial charge in [0.05, 0.1) is 17.3 Å². The molecule has 0 atom stereocenters. The lowest BCUT2D eigenvalue weighted by atomic mass is 10.0. The molecule has 0 saturated carbocycles. The van der Waals surface area contributed by atoms with Crippen LogP contribution in [-0.4, -0.2) is 15.1 Å². The van der Waals surface area contributed by atoms with Crippen LogP contribution in [0.2, 0.25) is 0 Å². The number of nitrogens with one attached hydrogen (secondary N) is 2. The van der Waals surface area contributed by atoms with Gasteiger partial charge in [0.2, 0.25) is 0 Å². The Kier molecular flexibility index (Phi) is 4.02. The van der Waals surface area contributed by atoms with Gasteiger partial charge >= 0.3 is 0 Å². The van der Waals surface area contributed by atoms with E-state index in [1.165, 1.54) is 6.07 Å². The third-order valence-corrected chi connectivity index (χ3v) is 4.71. The van der Waals surface area contributed by atoms with Crippen LogP contribution in [0.1, 0.15) is 18.1 Å². The summed E-state index contributed by atoms with van der Waals surface area (Å²) in [6, 6.07) is 18.6. The zero-order chi connectivity index (χ0) is 19.0. The number of nitriles is 1. The lowest BCUT2D eigenvalue weighted by Crippen LogP contribution is -2.07. The van der Waals surface area contributed by atoms with Crippen molar-refractivity contribution in [3.63, 3.8) is 0 Å². The SMILES string of the molecule is CCc1c(O)cc(=O)[nH]c1-c1ccc2[nH]c(-c3ccc(C#N)cc3)cc2c1. The average Bonchev–Trinajstić information content (AvgIpc) is 3.10. The highest BCUT2D eigenvalue weighted by Gasteiger charge is 2.12. The van der Waals surface area contributed by atoms with E-state index in [1.807, 2.05) is 43.3 Å². The fraction of sp³-hybridized carbons (Fsp3) is 0.0909. The summed E-state index contributed by atoms with van der Waals surface area (Å²) in [6.45, 7) is 1.94. The highest BCUT2D eigenvalue weighted by Crippen LogP contribution is 2.31. The molecule has 0 amide bonds. The van der Waals surface area contributed by atoms with Crippen LogP contribution in [0, 0.1) is 11.3 Å². The maximum absolute atomic E-state index is 11.8. The summed E-state index contributed by atoms with van der Waals surface area (Å²) in [5, 5.41) is 20.0. The van der Waals surface area contributed by atoms with Crippen molar-refractivity contribution in [3.05, 3.63) is 76.1 Å². The van der Waals surface area contributed by atoms with Gasteiger partial charge in [-0.15, -0.1) is 0 Å². The maximum Gasteiger partial charge on any atom is 0.252 e. The largest absolute Gasteiger partial charge is 0.507 e. The van der Waals surface area contributed by atoms with Crippen molar-refractivity contribution in [3.8, 4) is 34.3 Å². The second-order valence-corrected chi connectivity index (χ2v) is 6.40. The van der Waals surface area contributed by atoms with Crippen molar-refractivity contribution in [1.29, 1.82) is 5.26 Å². The summed E-state index contributed by atoms with van der Waals surface area (Å²) in [5.41, 5.74) is 5.42. The van der Waals surface area contributed by atoms with Gasteiger partial charge in [-0.05, 0) is 47.9 Å². The van der Waals surface area contributed by atoms with Crippen molar-refractivity contribution in [2.75, 3.05) is 0 Å². The number of aromatic hydroxyl groups is 1. The number of pyridine rings is 1. The van der Waals surface area contributed by atoms with E-state index in [0.29, 0.717) is 17.7 Å². The molecule has 0 radical (unpaired) electrons. The van der Waals surface area contributed by atoms with Crippen LogP contribution < -0.4 is 5.56 Å². The molecule has 4 rings (SSSR count). The van der Waals surface area contributed by atoms with Crippen LogP contribution in [0.5, 0.6) is 5.75 Å². The molecule has 4 aromatic rings. The number of hydrogen-bond acceptors (Lipinski definition) is 3. The molecule has 0 aliphatic heterocycles. The summed E-state index contributed by atoms with van der Waals surface area (Å²) < 4.78 is 0. The minimum Gasteiger partial charge on any atom is -0.507 e. The third-order valence-electron chi connectivity index (χ3n) is 4.71. The highest BCUT2D eigenvalue weighted by atomic mass is 16.3. The number of H-pyrrole nitrogens is 2. The fourth-order valence-corrected chi connectivity index (χ4v) is 3.35. The molecular formula is C22H17N3O2. The zero-order valence-corrected chi connectivity index (χ0v) is 14.7. The van der Waals surface area contributed by atoms with E-state index in [9.17, 15) is 9.90 Å². The Labute approximate surface area is 155 Å². The number of benzene rings is 2. The molecule has 0 aliphatic carbocycles. The van der Waals surface area contributed by atoms with Crippen molar-refractivity contribution in [1.82, 2.24) is 9.97 Å². The highest BCUT2D eigenvalue weighted by molar-refractivity contribution is 5.89. The predicted octanol–water partition coefficient (Wildman–Crippen LogP) is 4.33. The molecule has 27 heavy (non-hydrogen) atoms. The Hall–Kier alpha value is -3.78. The minimum absolute atomic E-state index is 0.0173. The first kappa shape index (κ1) is 16.7. The minimum atomic E-state index is -0.327. The molecule has 0 fully saturated rings. The van der Waals surface area contributed by atoms with Crippen LogP contribution in [-0.2, 0) is 6.42 Å². The summed E-state index contributed by atoms with van der Waals surface area (Å²) in [7, 11) is 0. The van der Waals surface area contributed by atoms with E-state index >= 15 is 0 Å². The van der Waals surface area contributed by atoms with Gasteiger partial charge in [-0.3, -0.25) is 4.79 Å². The van der Waals surface area contributed by atoms with Gasteiger partial charge in [0.25, 0.3) is 5.56 Å². The zero-order valence-electron chi connectivity index (χ0n) is 14.7. The van der Waals surface area contributed by atoms with Crippen molar-refractivity contribution in [2.24, 2.45) is 0 Å². The number of hydrogen-bond donors (Lipinski definition) is 3. The first-order chi connectivity index (χ1) is 13.1. The Bertz CT molecular complexity index is 1240.